The number of nitro benzene ring substituents is 1. The quantitative estimate of drug-likeness (QED) is 0.383. The zero-order valence-electron chi connectivity index (χ0n) is 15.5. The number of non-ortho nitro benzene ring substituents is 1. The molecule has 0 aliphatic heterocycles. The number of carboxylic acid groups (broad SMARTS) is 2. The van der Waals surface area contributed by atoms with Crippen LogP contribution in [0.5, 0.6) is 11.5 Å². The summed E-state index contributed by atoms with van der Waals surface area (Å²) in [5.41, 5.74) is 2.69. The van der Waals surface area contributed by atoms with E-state index in [1.807, 2.05) is 25.1 Å². The minimum Gasteiger partial charge on any atom is -0.493 e. The Morgan fingerprint density at radius 1 is 1.11 bits per heavy atom. The molecule has 0 aliphatic rings. The maximum atomic E-state index is 10.8. The highest BCUT2D eigenvalue weighted by molar-refractivity contribution is 6.27. The van der Waals surface area contributed by atoms with Crippen molar-refractivity contribution in [1.29, 1.82) is 0 Å². The minimum absolute atomic E-state index is 0.0852. The summed E-state index contributed by atoms with van der Waals surface area (Å²) in [6, 6.07) is 10.4. The van der Waals surface area contributed by atoms with Gasteiger partial charge < -0.3 is 25.0 Å². The second-order valence-electron chi connectivity index (χ2n) is 5.37. The average molecular weight is 392 g/mol. The summed E-state index contributed by atoms with van der Waals surface area (Å²) in [7, 11) is 3.19. The number of aliphatic carboxylic acids is 2. The van der Waals surface area contributed by atoms with Crippen molar-refractivity contribution < 1.29 is 34.2 Å². The highest BCUT2D eigenvalue weighted by atomic mass is 16.6. The van der Waals surface area contributed by atoms with Gasteiger partial charge in [-0.3, -0.25) is 10.1 Å². The van der Waals surface area contributed by atoms with Gasteiger partial charge in [0, 0.05) is 29.9 Å². The van der Waals surface area contributed by atoms with Crippen molar-refractivity contribution in [3.05, 3.63) is 57.6 Å². The van der Waals surface area contributed by atoms with Crippen LogP contribution in [-0.4, -0.2) is 41.3 Å². The molecule has 10 nitrogen and oxygen atoms in total. The second kappa shape index (κ2) is 10.4. The fraction of sp³-hybridized carbons (Fsp3) is 0.222. The number of nitrogens with one attached hydrogen (secondary N) is 1. The lowest BCUT2D eigenvalue weighted by molar-refractivity contribution is -0.384. The third-order valence-electron chi connectivity index (χ3n) is 3.56. The van der Waals surface area contributed by atoms with Gasteiger partial charge in [-0.1, -0.05) is 12.1 Å². The molecule has 0 bridgehead atoms. The first-order valence-corrected chi connectivity index (χ1v) is 7.86. The highest BCUT2D eigenvalue weighted by Crippen LogP contribution is 2.31. The number of para-hydroxylation sites is 1. The normalized spacial score (nSPS) is 9.54. The molecule has 0 fully saturated rings. The van der Waals surface area contributed by atoms with Crippen molar-refractivity contribution in [1.82, 2.24) is 0 Å². The Bertz CT molecular complexity index is 855. The van der Waals surface area contributed by atoms with E-state index in [-0.39, 0.29) is 5.69 Å². The predicted molar refractivity (Wildman–Crippen MR) is 100.0 cm³/mol. The Morgan fingerprint density at radius 2 is 1.75 bits per heavy atom. The van der Waals surface area contributed by atoms with Crippen LogP contribution in [0.3, 0.4) is 0 Å². The first kappa shape index (κ1) is 22.2. The minimum atomic E-state index is -1.82. The number of carboxylic acids is 2. The van der Waals surface area contributed by atoms with E-state index in [1.165, 1.54) is 6.07 Å². The molecule has 2 aromatic carbocycles. The highest BCUT2D eigenvalue weighted by Gasteiger charge is 2.11. The van der Waals surface area contributed by atoms with E-state index in [0.29, 0.717) is 18.0 Å². The molecule has 0 saturated carbocycles. The van der Waals surface area contributed by atoms with Crippen molar-refractivity contribution >= 4 is 23.3 Å². The molecule has 2 aromatic rings. The molecule has 0 unspecified atom stereocenters. The standard InChI is InChI=1S/C16H18N2O4.C2H2O4/c1-11-9-13(18(19)20)7-8-14(11)17-10-12-5-4-6-15(21-2)16(12)22-3;3-1(4)2(5)6/h4-9,17H,10H2,1-3H3;(H,3,4)(H,5,6). The Morgan fingerprint density at radius 3 is 2.21 bits per heavy atom. The fourth-order valence-corrected chi connectivity index (χ4v) is 2.24. The average Bonchev–Trinajstić information content (AvgIpc) is 2.66. The van der Waals surface area contributed by atoms with E-state index in [4.69, 9.17) is 29.3 Å². The number of nitrogens with zero attached hydrogens (tertiary/aromatic N) is 1. The van der Waals surface area contributed by atoms with Crippen LogP contribution in [0, 0.1) is 17.0 Å². The molecule has 28 heavy (non-hydrogen) atoms. The maximum Gasteiger partial charge on any atom is 0.414 e. The lowest BCUT2D eigenvalue weighted by Crippen LogP contribution is -2.09. The summed E-state index contributed by atoms with van der Waals surface area (Å²) in [6.07, 6.45) is 0. The molecule has 0 spiro atoms. The van der Waals surface area contributed by atoms with Crippen LogP contribution in [0.2, 0.25) is 0 Å². The molecular weight excluding hydrogens is 372 g/mol. The van der Waals surface area contributed by atoms with Gasteiger partial charge in [-0.15, -0.1) is 0 Å². The van der Waals surface area contributed by atoms with Gasteiger partial charge in [0.05, 0.1) is 19.1 Å². The number of hydrogen-bond donors (Lipinski definition) is 3. The van der Waals surface area contributed by atoms with Gasteiger partial charge in [-0.05, 0) is 24.6 Å². The molecule has 0 radical (unpaired) electrons. The number of methoxy groups -OCH3 is 2. The van der Waals surface area contributed by atoms with Crippen LogP contribution in [-0.2, 0) is 16.1 Å². The number of aryl methyl sites for hydroxylation is 1. The molecule has 0 aliphatic carbocycles. The molecule has 2 rings (SSSR count). The van der Waals surface area contributed by atoms with Crippen LogP contribution >= 0.6 is 0 Å². The van der Waals surface area contributed by atoms with Crippen molar-refractivity contribution in [2.45, 2.75) is 13.5 Å². The number of ether oxygens (including phenoxy) is 2. The van der Waals surface area contributed by atoms with Crippen LogP contribution in [0.1, 0.15) is 11.1 Å². The lowest BCUT2D eigenvalue weighted by atomic mass is 10.1. The third-order valence-corrected chi connectivity index (χ3v) is 3.56. The predicted octanol–water partition coefficient (Wildman–Crippen LogP) is 2.69. The van der Waals surface area contributed by atoms with E-state index < -0.39 is 16.9 Å². The molecule has 0 amide bonds. The van der Waals surface area contributed by atoms with E-state index in [2.05, 4.69) is 5.32 Å². The number of hydrogen-bond acceptors (Lipinski definition) is 7. The van der Waals surface area contributed by atoms with Crippen molar-refractivity contribution in [2.24, 2.45) is 0 Å². The molecule has 0 aromatic heterocycles. The number of nitro groups is 1. The smallest absolute Gasteiger partial charge is 0.414 e. The van der Waals surface area contributed by atoms with E-state index in [0.717, 1.165) is 16.8 Å². The first-order valence-electron chi connectivity index (χ1n) is 7.86. The molecule has 3 N–H and O–H groups in total. The van der Waals surface area contributed by atoms with Gasteiger partial charge in [0.15, 0.2) is 11.5 Å². The number of benzene rings is 2. The van der Waals surface area contributed by atoms with Crippen molar-refractivity contribution in [3.8, 4) is 11.5 Å². The van der Waals surface area contributed by atoms with Crippen LogP contribution in [0.25, 0.3) is 0 Å². The van der Waals surface area contributed by atoms with Gasteiger partial charge >= 0.3 is 11.9 Å². The van der Waals surface area contributed by atoms with E-state index in [9.17, 15) is 10.1 Å². The summed E-state index contributed by atoms with van der Waals surface area (Å²) in [6.45, 7) is 2.36. The van der Waals surface area contributed by atoms with Crippen LogP contribution in [0.4, 0.5) is 11.4 Å². The van der Waals surface area contributed by atoms with Crippen molar-refractivity contribution in [2.75, 3.05) is 19.5 Å². The lowest BCUT2D eigenvalue weighted by Gasteiger charge is -2.14. The monoisotopic (exact) mass is 392 g/mol. The summed E-state index contributed by atoms with van der Waals surface area (Å²) in [5.74, 6) is -2.30. The SMILES string of the molecule is COc1cccc(CNc2ccc([N+](=O)[O-])cc2C)c1OC.O=C(O)C(=O)O. The molecule has 150 valence electrons. The van der Waals surface area contributed by atoms with Crippen LogP contribution in [0.15, 0.2) is 36.4 Å². The second-order valence-corrected chi connectivity index (χ2v) is 5.37. The Labute approximate surface area is 160 Å². The Hall–Kier alpha value is -3.82. The molecular formula is C18H20N2O8. The Balaban J connectivity index is 0.000000568. The zero-order chi connectivity index (χ0) is 21.3. The number of rotatable bonds is 6. The van der Waals surface area contributed by atoms with Gasteiger partial charge in [0.2, 0.25) is 0 Å². The molecule has 0 atom stereocenters. The third kappa shape index (κ3) is 6.16. The van der Waals surface area contributed by atoms with Crippen LogP contribution < -0.4 is 14.8 Å². The largest absolute Gasteiger partial charge is 0.493 e. The van der Waals surface area contributed by atoms with Gasteiger partial charge in [0.1, 0.15) is 0 Å². The Kier molecular flexibility index (Phi) is 8.22. The molecule has 0 saturated heterocycles. The molecule has 0 heterocycles. The summed E-state index contributed by atoms with van der Waals surface area (Å²) in [4.78, 5) is 28.6. The first-order chi connectivity index (χ1) is 13.2. The topological polar surface area (TPSA) is 148 Å². The van der Waals surface area contributed by atoms with E-state index in [1.54, 1.807) is 26.4 Å². The summed E-state index contributed by atoms with van der Waals surface area (Å²) >= 11 is 0. The molecule has 10 heteroatoms. The number of anilines is 1. The summed E-state index contributed by atoms with van der Waals surface area (Å²) < 4.78 is 10.6. The number of carbonyl (C=O) groups is 2. The fourth-order valence-electron chi connectivity index (χ4n) is 2.24. The van der Waals surface area contributed by atoms with Gasteiger partial charge in [-0.25, -0.2) is 9.59 Å². The van der Waals surface area contributed by atoms with Crippen molar-refractivity contribution in [3.63, 3.8) is 0 Å². The maximum absolute atomic E-state index is 10.8. The summed E-state index contributed by atoms with van der Waals surface area (Å²) in [5, 5.41) is 28.8. The van der Waals surface area contributed by atoms with E-state index >= 15 is 0 Å². The van der Waals surface area contributed by atoms with Gasteiger partial charge in [-0.2, -0.15) is 0 Å². The zero-order valence-corrected chi connectivity index (χ0v) is 15.5. The van der Waals surface area contributed by atoms with Gasteiger partial charge in [0.25, 0.3) is 5.69 Å².